The highest BCUT2D eigenvalue weighted by atomic mass is 19.1. The Balaban J connectivity index is 1.84. The number of carbonyl (C=O) groups excluding carboxylic acids is 1. The van der Waals surface area contributed by atoms with Crippen LogP contribution < -0.4 is 4.90 Å². The molecule has 1 aromatic carbocycles. The maximum Gasteiger partial charge on any atom is 0.222 e. The Morgan fingerprint density at radius 3 is 2.56 bits per heavy atom. The second-order valence-corrected chi connectivity index (χ2v) is 10.2. The van der Waals surface area contributed by atoms with E-state index in [1.807, 2.05) is 30.0 Å². The van der Waals surface area contributed by atoms with Crippen molar-refractivity contribution in [3.8, 4) is 0 Å². The Hall–Kier alpha value is -2.80. The van der Waals surface area contributed by atoms with Crippen LogP contribution >= 0.6 is 0 Å². The number of aliphatic hydroxyl groups excluding tert-OH is 1. The van der Waals surface area contributed by atoms with Crippen LogP contribution in [0.15, 0.2) is 42.3 Å². The summed E-state index contributed by atoms with van der Waals surface area (Å²) in [4.78, 5) is 26.3. The van der Waals surface area contributed by atoms with E-state index in [-0.39, 0.29) is 23.8 Å². The van der Waals surface area contributed by atoms with Gasteiger partial charge in [0.05, 0.1) is 18.0 Å². The molecule has 2 heterocycles. The lowest BCUT2D eigenvalue weighted by atomic mass is 9.90. The molecular weight excluding hydrogens is 431 g/mol. The topological polar surface area (TPSA) is 69.6 Å². The summed E-state index contributed by atoms with van der Waals surface area (Å²) in [6.07, 6.45) is 5.75. The van der Waals surface area contributed by atoms with E-state index in [1.165, 1.54) is 18.2 Å². The highest BCUT2D eigenvalue weighted by Gasteiger charge is 2.26. The van der Waals surface area contributed by atoms with E-state index in [0.29, 0.717) is 38.4 Å². The van der Waals surface area contributed by atoms with Crippen molar-refractivity contribution in [3.05, 3.63) is 53.6 Å². The third-order valence-electron chi connectivity index (χ3n) is 6.17. The molecular formula is C27H37FN4O2. The summed E-state index contributed by atoms with van der Waals surface area (Å²) in [7, 11) is 0. The van der Waals surface area contributed by atoms with E-state index in [9.17, 15) is 9.18 Å². The van der Waals surface area contributed by atoms with Crippen molar-refractivity contribution in [2.24, 2.45) is 5.41 Å². The molecule has 1 atom stereocenters. The van der Waals surface area contributed by atoms with Crippen molar-refractivity contribution < 1.29 is 14.3 Å². The summed E-state index contributed by atoms with van der Waals surface area (Å²) < 4.78 is 14.7. The fourth-order valence-electron chi connectivity index (χ4n) is 3.97. The number of halogens is 1. The normalized spacial score (nSPS) is 16.5. The fraction of sp³-hybridized carbons (Fsp3) is 0.519. The summed E-state index contributed by atoms with van der Waals surface area (Å²) in [6, 6.07) is 6.05. The monoisotopic (exact) mass is 468 g/mol. The minimum Gasteiger partial charge on any atom is -0.392 e. The van der Waals surface area contributed by atoms with Crippen molar-refractivity contribution in [2.75, 3.05) is 37.7 Å². The van der Waals surface area contributed by atoms with E-state index in [2.05, 4.69) is 30.7 Å². The Kier molecular flexibility index (Phi) is 8.42. The third-order valence-corrected chi connectivity index (χ3v) is 6.17. The number of hydrogen-bond acceptors (Lipinski definition) is 5. The molecule has 0 bridgehead atoms. The van der Waals surface area contributed by atoms with Crippen LogP contribution in [0.2, 0.25) is 0 Å². The number of rotatable bonds is 7. The molecule has 1 N–H and O–H groups in total. The van der Waals surface area contributed by atoms with Crippen LogP contribution in [0.4, 0.5) is 10.2 Å². The van der Waals surface area contributed by atoms with E-state index in [4.69, 9.17) is 10.1 Å². The molecule has 3 rings (SSSR count). The third kappa shape index (κ3) is 6.63. The Morgan fingerprint density at radius 1 is 1.21 bits per heavy atom. The smallest absolute Gasteiger partial charge is 0.222 e. The number of benzene rings is 1. The van der Waals surface area contributed by atoms with Gasteiger partial charge in [0.1, 0.15) is 17.5 Å². The first-order chi connectivity index (χ1) is 16.1. The number of amides is 1. The van der Waals surface area contributed by atoms with Gasteiger partial charge in [0.15, 0.2) is 0 Å². The second kappa shape index (κ2) is 11.1. The molecule has 1 fully saturated rings. The van der Waals surface area contributed by atoms with Gasteiger partial charge in [0, 0.05) is 38.0 Å². The molecule has 6 nitrogen and oxygen atoms in total. The van der Waals surface area contributed by atoms with Crippen LogP contribution in [0.5, 0.6) is 0 Å². The molecule has 0 radical (unpaired) electrons. The first-order valence-electron chi connectivity index (χ1n) is 12.0. The van der Waals surface area contributed by atoms with Gasteiger partial charge in [-0.15, -0.1) is 0 Å². The zero-order valence-electron chi connectivity index (χ0n) is 21.0. The van der Waals surface area contributed by atoms with Crippen LogP contribution in [0.1, 0.15) is 57.8 Å². The number of piperazine rings is 1. The van der Waals surface area contributed by atoms with E-state index >= 15 is 0 Å². The van der Waals surface area contributed by atoms with Gasteiger partial charge in [-0.1, -0.05) is 39.0 Å². The van der Waals surface area contributed by atoms with Gasteiger partial charge in [0.25, 0.3) is 0 Å². The van der Waals surface area contributed by atoms with E-state index in [1.54, 1.807) is 6.92 Å². The van der Waals surface area contributed by atoms with Gasteiger partial charge >= 0.3 is 0 Å². The number of fused-ring (bicyclic) bond motifs is 1. The zero-order valence-corrected chi connectivity index (χ0v) is 21.0. The molecule has 1 amide bonds. The number of allylic oxidation sites excluding steroid dienone is 3. The van der Waals surface area contributed by atoms with Crippen molar-refractivity contribution in [3.63, 3.8) is 0 Å². The average molecular weight is 469 g/mol. The highest BCUT2D eigenvalue weighted by Crippen LogP contribution is 2.30. The zero-order chi connectivity index (χ0) is 24.9. The number of aromatic nitrogens is 2. The Labute approximate surface area is 202 Å². The van der Waals surface area contributed by atoms with Crippen molar-refractivity contribution in [1.82, 2.24) is 14.9 Å². The molecule has 1 aromatic heterocycles. The predicted octanol–water partition coefficient (Wildman–Crippen LogP) is 4.92. The Bertz CT molecular complexity index is 1070. The number of aryl methyl sites for hydroxylation is 1. The minimum atomic E-state index is -0.618. The maximum atomic E-state index is 14.7. The van der Waals surface area contributed by atoms with Gasteiger partial charge in [0.2, 0.25) is 5.91 Å². The molecule has 34 heavy (non-hydrogen) atoms. The van der Waals surface area contributed by atoms with Crippen molar-refractivity contribution in [1.29, 1.82) is 0 Å². The van der Waals surface area contributed by atoms with Crippen LogP contribution in [-0.4, -0.2) is 58.7 Å². The average Bonchev–Trinajstić information content (AvgIpc) is 2.80. The summed E-state index contributed by atoms with van der Waals surface area (Å²) in [5, 5.41) is 9.81. The van der Waals surface area contributed by atoms with E-state index in [0.717, 1.165) is 28.7 Å². The standard InChI is InChI=1S/C27H37FN4O2/c1-19-9-10-21-23(18-19)29-25(20(2)22(28)8-6-7-17-33)30-26(21)32-15-13-31(14-16-32)24(34)11-12-27(3,4)5/h6-10,18,20,33H,11-17H2,1-5H3/b7-6-,22-8+. The summed E-state index contributed by atoms with van der Waals surface area (Å²) in [6.45, 7) is 12.7. The highest BCUT2D eigenvalue weighted by molar-refractivity contribution is 5.90. The van der Waals surface area contributed by atoms with Crippen molar-refractivity contribution >= 4 is 22.6 Å². The SMILES string of the molecule is Cc1ccc2c(N3CCN(C(=O)CCC(C)(C)C)CC3)nc(C(C)/C(F)=C\C=C/CO)nc2c1. The molecule has 1 aliphatic rings. The quantitative estimate of drug-likeness (QED) is 0.584. The molecule has 1 saturated heterocycles. The van der Waals surface area contributed by atoms with Gasteiger partial charge < -0.3 is 14.9 Å². The van der Waals surface area contributed by atoms with Gasteiger partial charge in [-0.05, 0) is 49.5 Å². The molecule has 184 valence electrons. The number of aliphatic hydroxyl groups is 1. The maximum absolute atomic E-state index is 14.7. The lowest BCUT2D eigenvalue weighted by Crippen LogP contribution is -2.49. The number of carbonyl (C=O) groups is 1. The van der Waals surface area contributed by atoms with Gasteiger partial charge in [-0.2, -0.15) is 0 Å². The second-order valence-electron chi connectivity index (χ2n) is 10.2. The fourth-order valence-corrected chi connectivity index (χ4v) is 3.97. The lowest BCUT2D eigenvalue weighted by Gasteiger charge is -2.36. The largest absolute Gasteiger partial charge is 0.392 e. The molecule has 1 aliphatic heterocycles. The van der Waals surface area contributed by atoms with Crippen LogP contribution in [-0.2, 0) is 4.79 Å². The minimum absolute atomic E-state index is 0.139. The summed E-state index contributed by atoms with van der Waals surface area (Å²) in [5.74, 6) is 0.426. The molecule has 7 heteroatoms. The molecule has 0 spiro atoms. The molecule has 0 saturated carbocycles. The first kappa shape index (κ1) is 25.8. The summed E-state index contributed by atoms with van der Waals surface area (Å²) in [5.41, 5.74) is 2.00. The molecule has 1 unspecified atom stereocenters. The van der Waals surface area contributed by atoms with Gasteiger partial charge in [-0.25, -0.2) is 14.4 Å². The number of anilines is 1. The predicted molar refractivity (Wildman–Crippen MR) is 136 cm³/mol. The Morgan fingerprint density at radius 2 is 1.91 bits per heavy atom. The lowest BCUT2D eigenvalue weighted by molar-refractivity contribution is -0.132. The number of hydrogen-bond donors (Lipinski definition) is 1. The first-order valence-corrected chi connectivity index (χ1v) is 12.0. The molecule has 0 aliphatic carbocycles. The van der Waals surface area contributed by atoms with Crippen LogP contribution in [0.3, 0.4) is 0 Å². The number of nitrogens with zero attached hydrogens (tertiary/aromatic N) is 4. The molecule has 2 aromatic rings. The van der Waals surface area contributed by atoms with Crippen molar-refractivity contribution in [2.45, 2.75) is 53.4 Å². The van der Waals surface area contributed by atoms with Gasteiger partial charge in [-0.3, -0.25) is 4.79 Å². The van der Waals surface area contributed by atoms with Crippen LogP contribution in [0, 0.1) is 12.3 Å². The van der Waals surface area contributed by atoms with E-state index < -0.39 is 5.92 Å². The summed E-state index contributed by atoms with van der Waals surface area (Å²) >= 11 is 0. The van der Waals surface area contributed by atoms with Crippen LogP contribution in [0.25, 0.3) is 10.9 Å².